The first-order valence-corrected chi connectivity index (χ1v) is 7.70. The van der Waals surface area contributed by atoms with Crippen molar-refractivity contribution in [3.63, 3.8) is 0 Å². The largest absolute Gasteiger partial charge is 0.484 e. The van der Waals surface area contributed by atoms with Crippen molar-refractivity contribution >= 4 is 29.4 Å². The molecule has 7 nitrogen and oxygen atoms in total. The molecule has 0 aliphatic carbocycles. The Bertz CT molecular complexity index is 796. The van der Waals surface area contributed by atoms with Crippen molar-refractivity contribution in [2.45, 2.75) is 13.8 Å². The Morgan fingerprint density at radius 3 is 2.44 bits per heavy atom. The molecule has 0 saturated carbocycles. The van der Waals surface area contributed by atoms with Gasteiger partial charge in [-0.1, -0.05) is 11.6 Å². The second-order valence-corrected chi connectivity index (χ2v) is 5.68. The molecule has 2 aromatic carbocycles. The number of aryl methyl sites for hydroxylation is 2. The molecule has 8 heteroatoms. The number of halogens is 1. The highest BCUT2D eigenvalue weighted by molar-refractivity contribution is 6.32. The second kappa shape index (κ2) is 8.25. The third-order valence-corrected chi connectivity index (χ3v) is 3.88. The van der Waals surface area contributed by atoms with Gasteiger partial charge >= 0.3 is 0 Å². The highest BCUT2D eigenvalue weighted by Gasteiger charge is 2.06. The number of amides is 1. The van der Waals surface area contributed by atoms with Crippen molar-refractivity contribution in [2.75, 3.05) is 6.61 Å². The van der Waals surface area contributed by atoms with Crippen LogP contribution in [0.2, 0.25) is 5.02 Å². The quantitative estimate of drug-likeness (QED) is 0.484. The topological polar surface area (TPSA) is 93.8 Å². The Hall–Kier alpha value is -2.93. The van der Waals surface area contributed by atoms with E-state index in [-0.39, 0.29) is 12.3 Å². The zero-order valence-electron chi connectivity index (χ0n) is 13.7. The van der Waals surface area contributed by atoms with Crippen LogP contribution in [0.4, 0.5) is 5.69 Å². The molecule has 0 heterocycles. The standard InChI is InChI=1S/C17H16ClN3O4/c1-11-7-15(8-12(2)17(11)18)25-10-16(22)20-19-9-13-3-5-14(6-4-13)21(23)24/h3-9H,10H2,1-2H3,(H,20,22)/b19-9-. The summed E-state index contributed by atoms with van der Waals surface area (Å²) in [5.41, 5.74) is 4.67. The summed E-state index contributed by atoms with van der Waals surface area (Å²) in [4.78, 5) is 21.8. The summed E-state index contributed by atoms with van der Waals surface area (Å²) in [6, 6.07) is 9.29. The van der Waals surface area contributed by atoms with Crippen molar-refractivity contribution in [3.8, 4) is 5.75 Å². The van der Waals surface area contributed by atoms with Crippen LogP contribution in [0.1, 0.15) is 16.7 Å². The number of hydrogen-bond acceptors (Lipinski definition) is 5. The first-order chi connectivity index (χ1) is 11.9. The van der Waals surface area contributed by atoms with Gasteiger partial charge in [-0.05, 0) is 54.8 Å². The van der Waals surface area contributed by atoms with Gasteiger partial charge in [-0.3, -0.25) is 14.9 Å². The number of nitrogens with zero attached hydrogens (tertiary/aromatic N) is 2. The molecule has 1 amide bonds. The summed E-state index contributed by atoms with van der Waals surface area (Å²) in [5.74, 6) is 0.123. The molecule has 2 aromatic rings. The lowest BCUT2D eigenvalue weighted by Gasteiger charge is -2.09. The highest BCUT2D eigenvalue weighted by Crippen LogP contribution is 2.25. The lowest BCUT2D eigenvalue weighted by atomic mass is 10.1. The van der Waals surface area contributed by atoms with E-state index in [1.54, 1.807) is 12.1 Å². The fourth-order valence-corrected chi connectivity index (χ4v) is 2.14. The van der Waals surface area contributed by atoms with E-state index in [1.807, 2.05) is 13.8 Å². The summed E-state index contributed by atoms with van der Waals surface area (Å²) in [6.07, 6.45) is 1.39. The van der Waals surface area contributed by atoms with E-state index >= 15 is 0 Å². The van der Waals surface area contributed by atoms with Crippen LogP contribution in [-0.4, -0.2) is 23.7 Å². The van der Waals surface area contributed by atoms with Gasteiger partial charge in [-0.15, -0.1) is 0 Å². The molecule has 130 valence electrons. The van der Waals surface area contributed by atoms with E-state index in [9.17, 15) is 14.9 Å². The lowest BCUT2D eigenvalue weighted by molar-refractivity contribution is -0.384. The van der Waals surface area contributed by atoms with E-state index in [0.29, 0.717) is 16.3 Å². The Morgan fingerprint density at radius 1 is 1.28 bits per heavy atom. The lowest BCUT2D eigenvalue weighted by Crippen LogP contribution is -2.24. The number of carbonyl (C=O) groups is 1. The van der Waals surface area contributed by atoms with Crippen LogP contribution in [0.25, 0.3) is 0 Å². The van der Waals surface area contributed by atoms with Gasteiger partial charge in [0, 0.05) is 17.2 Å². The SMILES string of the molecule is Cc1cc(OCC(=O)N/N=C\c2ccc([N+](=O)[O-])cc2)cc(C)c1Cl. The molecule has 0 radical (unpaired) electrons. The number of nitro groups is 1. The van der Waals surface area contributed by atoms with E-state index in [2.05, 4.69) is 10.5 Å². The first kappa shape index (κ1) is 18.4. The van der Waals surface area contributed by atoms with Crippen LogP contribution < -0.4 is 10.2 Å². The van der Waals surface area contributed by atoms with Crippen molar-refractivity contribution in [2.24, 2.45) is 5.10 Å². The zero-order chi connectivity index (χ0) is 18.4. The van der Waals surface area contributed by atoms with Gasteiger partial charge in [0.1, 0.15) is 5.75 Å². The van der Waals surface area contributed by atoms with Gasteiger partial charge in [0.15, 0.2) is 6.61 Å². The zero-order valence-corrected chi connectivity index (χ0v) is 14.4. The Balaban J connectivity index is 1.85. The fourth-order valence-electron chi connectivity index (χ4n) is 2.03. The number of rotatable bonds is 6. The van der Waals surface area contributed by atoms with Crippen LogP contribution in [0.15, 0.2) is 41.5 Å². The summed E-state index contributed by atoms with van der Waals surface area (Å²) < 4.78 is 5.41. The molecule has 0 unspecified atom stereocenters. The molecule has 1 N–H and O–H groups in total. The molecule has 0 aromatic heterocycles. The van der Waals surface area contributed by atoms with Crippen LogP contribution in [0.3, 0.4) is 0 Å². The molecule has 2 rings (SSSR count). The second-order valence-electron chi connectivity index (χ2n) is 5.30. The molecule has 0 aliphatic rings. The van der Waals surface area contributed by atoms with Crippen molar-refractivity contribution < 1.29 is 14.5 Å². The summed E-state index contributed by atoms with van der Waals surface area (Å²) in [7, 11) is 0. The number of carbonyl (C=O) groups excluding carboxylic acids is 1. The molecule has 0 spiro atoms. The number of non-ortho nitro benzene ring substituents is 1. The number of hydrazone groups is 1. The molecular formula is C17H16ClN3O4. The number of hydrogen-bond donors (Lipinski definition) is 1. The molecule has 0 aliphatic heterocycles. The third kappa shape index (κ3) is 5.29. The minimum atomic E-state index is -0.486. The maximum absolute atomic E-state index is 11.7. The molecule has 0 fully saturated rings. The fraction of sp³-hybridized carbons (Fsp3) is 0.176. The van der Waals surface area contributed by atoms with Crippen molar-refractivity contribution in [1.82, 2.24) is 5.43 Å². The molecule has 0 atom stereocenters. The van der Waals surface area contributed by atoms with Crippen molar-refractivity contribution in [3.05, 3.63) is 68.2 Å². The van der Waals surface area contributed by atoms with E-state index in [4.69, 9.17) is 16.3 Å². The monoisotopic (exact) mass is 361 g/mol. The Kier molecular flexibility index (Phi) is 6.08. The van der Waals surface area contributed by atoms with Gasteiger partial charge in [-0.2, -0.15) is 5.10 Å². The van der Waals surface area contributed by atoms with Crippen LogP contribution in [0, 0.1) is 24.0 Å². The molecule has 0 bridgehead atoms. The average molecular weight is 362 g/mol. The number of benzene rings is 2. The molecular weight excluding hydrogens is 346 g/mol. The third-order valence-electron chi connectivity index (χ3n) is 3.29. The summed E-state index contributed by atoms with van der Waals surface area (Å²) in [5, 5.41) is 15.0. The van der Waals surface area contributed by atoms with Crippen LogP contribution in [-0.2, 0) is 4.79 Å². The highest BCUT2D eigenvalue weighted by atomic mass is 35.5. The Labute approximate surface area is 149 Å². The number of nitro benzene ring substituents is 1. The predicted octanol–water partition coefficient (Wildman–Crippen LogP) is 3.39. The maximum atomic E-state index is 11.7. The van der Waals surface area contributed by atoms with E-state index in [0.717, 1.165) is 11.1 Å². The smallest absolute Gasteiger partial charge is 0.277 e. The van der Waals surface area contributed by atoms with Crippen LogP contribution in [0.5, 0.6) is 5.75 Å². The normalized spacial score (nSPS) is 10.7. The van der Waals surface area contributed by atoms with Crippen LogP contribution >= 0.6 is 11.6 Å². The number of nitrogens with one attached hydrogen (secondary N) is 1. The summed E-state index contributed by atoms with van der Waals surface area (Å²) in [6.45, 7) is 3.52. The number of ether oxygens (including phenoxy) is 1. The maximum Gasteiger partial charge on any atom is 0.277 e. The minimum absolute atomic E-state index is 0.0110. The molecule has 25 heavy (non-hydrogen) atoms. The minimum Gasteiger partial charge on any atom is -0.484 e. The average Bonchev–Trinajstić information content (AvgIpc) is 2.58. The van der Waals surface area contributed by atoms with Gasteiger partial charge in [0.2, 0.25) is 0 Å². The predicted molar refractivity (Wildman–Crippen MR) is 95.3 cm³/mol. The van der Waals surface area contributed by atoms with E-state index < -0.39 is 10.8 Å². The van der Waals surface area contributed by atoms with Gasteiger partial charge in [0.25, 0.3) is 11.6 Å². The van der Waals surface area contributed by atoms with Gasteiger partial charge < -0.3 is 4.74 Å². The molecule has 0 saturated heterocycles. The first-order valence-electron chi connectivity index (χ1n) is 7.32. The van der Waals surface area contributed by atoms with Gasteiger partial charge in [0.05, 0.1) is 11.1 Å². The Morgan fingerprint density at radius 2 is 1.88 bits per heavy atom. The van der Waals surface area contributed by atoms with E-state index in [1.165, 1.54) is 30.5 Å². The van der Waals surface area contributed by atoms with Gasteiger partial charge in [-0.25, -0.2) is 5.43 Å². The summed E-state index contributed by atoms with van der Waals surface area (Å²) >= 11 is 6.07. The van der Waals surface area contributed by atoms with Crippen molar-refractivity contribution in [1.29, 1.82) is 0 Å².